The highest BCUT2D eigenvalue weighted by Gasteiger charge is 2.31. The number of ether oxygens (including phenoxy) is 1. The molecule has 262 valence electrons. The molecule has 0 radical (unpaired) electrons. The molecule has 0 fully saturated rings. The number of amides is 3. The van der Waals surface area contributed by atoms with Crippen molar-refractivity contribution in [3.8, 4) is 0 Å². The lowest BCUT2D eigenvalue weighted by Crippen LogP contribution is -2.50. The van der Waals surface area contributed by atoms with Gasteiger partial charge in [-0.1, -0.05) is 88.4 Å². The summed E-state index contributed by atoms with van der Waals surface area (Å²) in [5.41, 5.74) is 4.78. The van der Waals surface area contributed by atoms with E-state index in [-0.39, 0.29) is 36.3 Å². The van der Waals surface area contributed by atoms with Gasteiger partial charge in [0.05, 0.1) is 33.7 Å². The minimum Gasteiger partial charge on any atom is -0.444 e. The van der Waals surface area contributed by atoms with Crippen molar-refractivity contribution in [2.24, 2.45) is 11.8 Å². The van der Waals surface area contributed by atoms with Gasteiger partial charge in [-0.15, -0.1) is 22.7 Å². The molecule has 0 bridgehead atoms. The highest BCUT2D eigenvalue weighted by atomic mass is 32.1. The molecule has 0 aliphatic heterocycles. The van der Waals surface area contributed by atoms with Gasteiger partial charge in [0, 0.05) is 37.0 Å². The number of nitrogens with zero attached hydrogens (tertiary/aromatic N) is 3. The Labute approximate surface area is 298 Å². The van der Waals surface area contributed by atoms with Crippen molar-refractivity contribution in [3.05, 3.63) is 104 Å². The number of alkyl carbamates (subject to hydrolysis) is 1. The highest BCUT2D eigenvalue weighted by Crippen LogP contribution is 2.25. The summed E-state index contributed by atoms with van der Waals surface area (Å²) in [7, 11) is 1.70. The maximum atomic E-state index is 14.1. The van der Waals surface area contributed by atoms with Gasteiger partial charge in [-0.2, -0.15) is 0 Å². The molecule has 11 heteroatoms. The first-order valence-electron chi connectivity index (χ1n) is 16.9. The molecule has 3 atom stereocenters. The summed E-state index contributed by atoms with van der Waals surface area (Å²) in [6.07, 6.45) is 4.24. The minimum atomic E-state index is -0.583. The Bertz CT molecular complexity index is 1580. The molecular weight excluding hydrogens is 655 g/mol. The number of hydrogen-bond donors (Lipinski definition) is 2. The van der Waals surface area contributed by atoms with Gasteiger partial charge in [-0.25, -0.2) is 14.6 Å². The van der Waals surface area contributed by atoms with E-state index in [0.29, 0.717) is 44.6 Å². The Morgan fingerprint density at radius 3 is 2.16 bits per heavy atom. The average Bonchev–Trinajstić information content (AvgIpc) is 3.79. The molecule has 49 heavy (non-hydrogen) atoms. The number of carbonyl (C=O) groups is 3. The zero-order chi connectivity index (χ0) is 35.2. The Morgan fingerprint density at radius 1 is 0.898 bits per heavy atom. The van der Waals surface area contributed by atoms with Crippen LogP contribution in [0.25, 0.3) is 0 Å². The zero-order valence-corrected chi connectivity index (χ0v) is 30.8. The molecular formula is C38H49N5O4S2. The predicted octanol–water partition coefficient (Wildman–Crippen LogP) is 8.03. The molecule has 4 rings (SSSR count). The molecule has 0 spiro atoms. The SMILES string of the molecule is CC(C)c1nc(CNC(=O)N(C)[C@H](C(=O)C[C@H](CC[C@H](Cc2ccccc2)NC(=O)OCc2cncs2)Cc2ccccc2)C(C)C)cs1. The number of benzene rings is 2. The van der Waals surface area contributed by atoms with Crippen molar-refractivity contribution in [3.63, 3.8) is 0 Å². The molecule has 2 heterocycles. The third-order valence-electron chi connectivity index (χ3n) is 8.44. The van der Waals surface area contributed by atoms with Crippen molar-refractivity contribution >= 4 is 40.6 Å². The van der Waals surface area contributed by atoms with E-state index in [1.165, 1.54) is 11.3 Å². The maximum Gasteiger partial charge on any atom is 0.407 e. The monoisotopic (exact) mass is 703 g/mol. The van der Waals surface area contributed by atoms with Crippen LogP contribution >= 0.6 is 22.7 Å². The van der Waals surface area contributed by atoms with Crippen molar-refractivity contribution in [1.29, 1.82) is 0 Å². The van der Waals surface area contributed by atoms with Crippen LogP contribution in [0.15, 0.2) is 77.8 Å². The average molecular weight is 704 g/mol. The largest absolute Gasteiger partial charge is 0.444 e. The van der Waals surface area contributed by atoms with Gasteiger partial charge in [0.15, 0.2) is 5.78 Å². The van der Waals surface area contributed by atoms with E-state index in [2.05, 4.69) is 46.6 Å². The molecule has 3 amide bonds. The number of ketones is 1. The molecule has 9 nitrogen and oxygen atoms in total. The fourth-order valence-corrected chi connectivity index (χ4v) is 7.31. The van der Waals surface area contributed by atoms with E-state index in [4.69, 9.17) is 4.74 Å². The summed E-state index contributed by atoms with van der Waals surface area (Å²) >= 11 is 3.03. The predicted molar refractivity (Wildman–Crippen MR) is 197 cm³/mol. The van der Waals surface area contributed by atoms with Crippen LogP contribution in [0.2, 0.25) is 0 Å². The smallest absolute Gasteiger partial charge is 0.407 e. The van der Waals surface area contributed by atoms with Gasteiger partial charge in [0.25, 0.3) is 0 Å². The van der Waals surface area contributed by atoms with Crippen molar-refractivity contribution in [2.75, 3.05) is 7.05 Å². The van der Waals surface area contributed by atoms with E-state index in [1.54, 1.807) is 35.0 Å². The van der Waals surface area contributed by atoms with E-state index in [1.807, 2.05) is 67.8 Å². The lowest BCUT2D eigenvalue weighted by molar-refractivity contribution is -0.125. The molecule has 2 aromatic heterocycles. The summed E-state index contributed by atoms with van der Waals surface area (Å²) in [5, 5.41) is 9.04. The van der Waals surface area contributed by atoms with E-state index >= 15 is 0 Å². The fourth-order valence-electron chi connectivity index (χ4n) is 5.97. The lowest BCUT2D eigenvalue weighted by atomic mass is 9.84. The van der Waals surface area contributed by atoms with Crippen molar-refractivity contribution in [2.45, 2.75) is 91.0 Å². The van der Waals surface area contributed by atoms with Gasteiger partial charge in [0.1, 0.15) is 6.61 Å². The Morgan fingerprint density at radius 2 is 1.57 bits per heavy atom. The topological polar surface area (TPSA) is 114 Å². The van der Waals surface area contributed by atoms with Crippen molar-refractivity contribution < 1.29 is 19.1 Å². The molecule has 4 aromatic rings. The lowest BCUT2D eigenvalue weighted by Gasteiger charge is -2.31. The Balaban J connectivity index is 1.44. The summed E-state index contributed by atoms with van der Waals surface area (Å²) in [5.74, 6) is 0.288. The molecule has 0 unspecified atom stereocenters. The number of Topliss-reactive ketones (excluding diaryl/α,β-unsaturated/α-hetero) is 1. The molecule has 0 aliphatic carbocycles. The third kappa shape index (κ3) is 12.4. The second kappa shape index (κ2) is 19.2. The maximum absolute atomic E-state index is 14.1. The number of nitrogens with one attached hydrogen (secondary N) is 2. The number of aromatic nitrogens is 2. The minimum absolute atomic E-state index is 0.00496. The van der Waals surface area contributed by atoms with Gasteiger partial charge in [-0.3, -0.25) is 9.78 Å². The van der Waals surface area contributed by atoms with E-state index in [0.717, 1.165) is 26.7 Å². The van der Waals surface area contributed by atoms with Crippen LogP contribution in [-0.2, 0) is 35.5 Å². The van der Waals surface area contributed by atoms with Crippen LogP contribution in [0, 0.1) is 11.8 Å². The second-order valence-corrected chi connectivity index (χ2v) is 15.0. The molecule has 0 aliphatic rings. The number of carbonyl (C=O) groups excluding carboxylic acids is 3. The Kier molecular flexibility index (Phi) is 14.8. The van der Waals surface area contributed by atoms with Crippen LogP contribution in [0.1, 0.15) is 79.6 Å². The number of hydrogen-bond acceptors (Lipinski definition) is 8. The summed E-state index contributed by atoms with van der Waals surface area (Å²) in [4.78, 5) is 51.3. The first-order chi connectivity index (χ1) is 23.6. The normalized spacial score (nSPS) is 13.1. The van der Waals surface area contributed by atoms with Crippen LogP contribution < -0.4 is 10.6 Å². The summed E-state index contributed by atoms with van der Waals surface area (Å²) in [6, 6.07) is 19.1. The van der Waals surface area contributed by atoms with Crippen LogP contribution in [0.5, 0.6) is 0 Å². The number of rotatable bonds is 18. The standard InChI is InChI=1S/C38H49N5O4S2/c1-26(2)35(43(5)37(45)40-21-32-24-48-36(41-32)27(3)4)34(44)20-30(18-28-12-8-6-9-13-28)16-17-31(19-29-14-10-7-11-15-29)42-38(46)47-23-33-22-39-25-49-33/h6-15,22,24-27,30-31,35H,16-21,23H2,1-5H3,(H,40,45)(H,42,46)/t30-,31-,35+/m1/s1. The van der Waals surface area contributed by atoms with Crippen LogP contribution in [0.4, 0.5) is 9.59 Å². The molecule has 0 saturated heterocycles. The zero-order valence-electron chi connectivity index (χ0n) is 29.1. The fraction of sp³-hybridized carbons (Fsp3) is 0.447. The van der Waals surface area contributed by atoms with E-state index in [9.17, 15) is 14.4 Å². The molecule has 2 aromatic carbocycles. The molecule has 0 saturated carbocycles. The van der Waals surface area contributed by atoms with E-state index < -0.39 is 12.1 Å². The summed E-state index contributed by atoms with van der Waals surface area (Å²) in [6.45, 7) is 8.62. The van der Waals surface area contributed by atoms with Gasteiger partial charge >= 0.3 is 12.1 Å². The second-order valence-electron chi connectivity index (χ2n) is 13.2. The number of likely N-dealkylation sites (N-methyl/N-ethyl adjacent to an activating group) is 1. The van der Waals surface area contributed by atoms with Gasteiger partial charge < -0.3 is 20.3 Å². The number of urea groups is 1. The highest BCUT2D eigenvalue weighted by molar-refractivity contribution is 7.09. The first kappa shape index (κ1) is 37.7. The van der Waals surface area contributed by atoms with Crippen molar-refractivity contribution in [1.82, 2.24) is 25.5 Å². The summed E-state index contributed by atoms with van der Waals surface area (Å²) < 4.78 is 5.51. The van der Waals surface area contributed by atoms with Crippen LogP contribution in [0.3, 0.4) is 0 Å². The quantitative estimate of drug-likeness (QED) is 0.109. The third-order valence-corrected chi connectivity index (χ3v) is 10.4. The first-order valence-corrected chi connectivity index (χ1v) is 18.7. The molecule has 2 N–H and O–H groups in total. The van der Waals surface area contributed by atoms with Crippen LogP contribution in [-0.4, -0.2) is 51.9 Å². The van der Waals surface area contributed by atoms with Gasteiger partial charge in [-0.05, 0) is 48.6 Å². The Hall–Kier alpha value is -4.09. The number of thiazole rings is 2. The van der Waals surface area contributed by atoms with Gasteiger partial charge in [0.2, 0.25) is 0 Å².